The third-order valence-corrected chi connectivity index (χ3v) is 4.98. The van der Waals surface area contributed by atoms with Gasteiger partial charge >= 0.3 is 0 Å². The number of anilines is 2. The zero-order chi connectivity index (χ0) is 20.1. The first-order valence-electron chi connectivity index (χ1n) is 9.82. The van der Waals surface area contributed by atoms with Gasteiger partial charge < -0.3 is 5.32 Å². The van der Waals surface area contributed by atoms with Crippen LogP contribution in [0.4, 0.5) is 11.6 Å². The van der Waals surface area contributed by atoms with Crippen LogP contribution in [0.1, 0.15) is 33.9 Å². The molecule has 0 aliphatic rings. The largest absolute Gasteiger partial charge is 0.324 e. The standard InChI is InChI=1S/C25H24N4/c1-18-10-6-8-12-20(18)16-23-27-24(17-21-13-9-7-11-19(21)2)29-25(28-23)26-22-14-4-3-5-15-22/h3-15H,16-17H2,1-2H3,(H,26,27,28,29). The molecule has 0 fully saturated rings. The third kappa shape index (κ3) is 4.85. The highest BCUT2D eigenvalue weighted by Gasteiger charge is 2.11. The Hall–Kier alpha value is -3.53. The van der Waals surface area contributed by atoms with Gasteiger partial charge in [0.1, 0.15) is 11.6 Å². The van der Waals surface area contributed by atoms with Crippen LogP contribution in [0.25, 0.3) is 0 Å². The molecule has 0 saturated heterocycles. The summed E-state index contributed by atoms with van der Waals surface area (Å²) in [6.07, 6.45) is 1.36. The maximum Gasteiger partial charge on any atom is 0.230 e. The molecule has 1 N–H and O–H groups in total. The molecule has 3 aromatic carbocycles. The summed E-state index contributed by atoms with van der Waals surface area (Å²) >= 11 is 0. The summed E-state index contributed by atoms with van der Waals surface area (Å²) in [7, 11) is 0. The molecular weight excluding hydrogens is 356 g/mol. The van der Waals surface area contributed by atoms with E-state index in [1.54, 1.807) is 0 Å². The van der Waals surface area contributed by atoms with Gasteiger partial charge in [0.25, 0.3) is 0 Å². The molecule has 4 heteroatoms. The fourth-order valence-electron chi connectivity index (χ4n) is 3.29. The lowest BCUT2D eigenvalue weighted by atomic mass is 10.0. The van der Waals surface area contributed by atoms with Crippen molar-refractivity contribution in [3.63, 3.8) is 0 Å². The molecule has 0 amide bonds. The van der Waals surface area contributed by atoms with Gasteiger partial charge in [-0.15, -0.1) is 0 Å². The van der Waals surface area contributed by atoms with Crippen LogP contribution in [0.2, 0.25) is 0 Å². The first-order valence-corrected chi connectivity index (χ1v) is 9.82. The van der Waals surface area contributed by atoms with Crippen LogP contribution in [-0.4, -0.2) is 15.0 Å². The Morgan fingerprint density at radius 2 is 1.07 bits per heavy atom. The lowest BCUT2D eigenvalue weighted by Crippen LogP contribution is -2.09. The maximum atomic E-state index is 4.79. The second kappa shape index (κ2) is 8.65. The minimum atomic E-state index is 0.582. The smallest absolute Gasteiger partial charge is 0.230 e. The second-order valence-electron chi connectivity index (χ2n) is 7.19. The van der Waals surface area contributed by atoms with E-state index in [1.807, 2.05) is 30.3 Å². The minimum absolute atomic E-state index is 0.582. The highest BCUT2D eigenvalue weighted by Crippen LogP contribution is 2.17. The van der Waals surface area contributed by atoms with Crippen LogP contribution in [0.5, 0.6) is 0 Å². The van der Waals surface area contributed by atoms with Crippen LogP contribution < -0.4 is 5.32 Å². The zero-order valence-corrected chi connectivity index (χ0v) is 16.8. The van der Waals surface area contributed by atoms with Crippen molar-refractivity contribution >= 4 is 11.6 Å². The van der Waals surface area contributed by atoms with Crippen LogP contribution in [0, 0.1) is 13.8 Å². The number of rotatable bonds is 6. The highest BCUT2D eigenvalue weighted by atomic mass is 15.2. The van der Waals surface area contributed by atoms with Crippen LogP contribution >= 0.6 is 0 Å². The molecule has 0 radical (unpaired) electrons. The Kier molecular flexibility index (Phi) is 5.61. The van der Waals surface area contributed by atoms with E-state index in [0.717, 1.165) is 17.3 Å². The summed E-state index contributed by atoms with van der Waals surface area (Å²) < 4.78 is 0. The average molecular weight is 380 g/mol. The molecule has 4 nitrogen and oxygen atoms in total. The van der Waals surface area contributed by atoms with Gasteiger partial charge in [0.15, 0.2) is 0 Å². The van der Waals surface area contributed by atoms with E-state index < -0.39 is 0 Å². The van der Waals surface area contributed by atoms with Crippen LogP contribution in [0.3, 0.4) is 0 Å². The minimum Gasteiger partial charge on any atom is -0.324 e. The van der Waals surface area contributed by atoms with E-state index >= 15 is 0 Å². The van der Waals surface area contributed by atoms with Crippen molar-refractivity contribution in [3.8, 4) is 0 Å². The van der Waals surface area contributed by atoms with Gasteiger partial charge in [0.2, 0.25) is 5.95 Å². The SMILES string of the molecule is Cc1ccccc1Cc1nc(Cc2ccccc2C)nc(Nc2ccccc2)n1. The number of aromatic nitrogens is 3. The summed E-state index contributed by atoms with van der Waals surface area (Å²) in [6, 6.07) is 26.7. The quantitative estimate of drug-likeness (QED) is 0.486. The normalized spacial score (nSPS) is 10.7. The molecule has 0 aliphatic carbocycles. The second-order valence-corrected chi connectivity index (χ2v) is 7.19. The van der Waals surface area contributed by atoms with Crippen molar-refractivity contribution in [1.82, 2.24) is 15.0 Å². The summed E-state index contributed by atoms with van der Waals surface area (Å²) in [6.45, 7) is 4.24. The van der Waals surface area contributed by atoms with E-state index in [4.69, 9.17) is 15.0 Å². The van der Waals surface area contributed by atoms with Gasteiger partial charge in [0.05, 0.1) is 0 Å². The predicted molar refractivity (Wildman–Crippen MR) is 118 cm³/mol. The molecule has 0 unspecified atom stereocenters. The van der Waals surface area contributed by atoms with Crippen LogP contribution in [-0.2, 0) is 12.8 Å². The first kappa shape index (κ1) is 18.8. The topological polar surface area (TPSA) is 50.7 Å². The van der Waals surface area contributed by atoms with E-state index in [0.29, 0.717) is 18.8 Å². The summed E-state index contributed by atoms with van der Waals surface area (Å²) in [5, 5.41) is 3.32. The fourth-order valence-corrected chi connectivity index (χ4v) is 3.29. The van der Waals surface area contributed by atoms with Crippen molar-refractivity contribution in [1.29, 1.82) is 0 Å². The monoisotopic (exact) mass is 380 g/mol. The average Bonchev–Trinajstić information content (AvgIpc) is 2.72. The molecule has 0 aliphatic heterocycles. The Balaban J connectivity index is 1.68. The molecule has 4 rings (SSSR count). The first-order chi connectivity index (χ1) is 14.2. The molecule has 4 aromatic rings. The van der Waals surface area contributed by atoms with E-state index in [-0.39, 0.29) is 0 Å². The fraction of sp³-hybridized carbons (Fsp3) is 0.160. The van der Waals surface area contributed by atoms with Crippen molar-refractivity contribution in [2.45, 2.75) is 26.7 Å². The molecule has 0 atom stereocenters. The number of benzene rings is 3. The lowest BCUT2D eigenvalue weighted by molar-refractivity contribution is 0.852. The third-order valence-electron chi connectivity index (χ3n) is 4.98. The van der Waals surface area contributed by atoms with Crippen molar-refractivity contribution < 1.29 is 0 Å². The summed E-state index contributed by atoms with van der Waals surface area (Å²) in [5.74, 6) is 2.13. The van der Waals surface area contributed by atoms with Gasteiger partial charge in [-0.25, -0.2) is 4.98 Å². The molecule has 1 heterocycles. The maximum absolute atomic E-state index is 4.79. The van der Waals surface area contributed by atoms with Crippen molar-refractivity contribution in [2.24, 2.45) is 0 Å². The van der Waals surface area contributed by atoms with Gasteiger partial charge in [0, 0.05) is 18.5 Å². The van der Waals surface area contributed by atoms with E-state index in [9.17, 15) is 0 Å². The number of para-hydroxylation sites is 1. The van der Waals surface area contributed by atoms with Gasteiger partial charge in [-0.2, -0.15) is 9.97 Å². The Bertz CT molecular complexity index is 1040. The molecule has 1 aromatic heterocycles. The number of aryl methyl sites for hydroxylation is 2. The Labute approximate surface area is 171 Å². The number of nitrogens with one attached hydrogen (secondary N) is 1. The molecule has 29 heavy (non-hydrogen) atoms. The van der Waals surface area contributed by atoms with E-state index in [1.165, 1.54) is 22.3 Å². The lowest BCUT2D eigenvalue weighted by Gasteiger charge is -2.11. The molecule has 0 bridgehead atoms. The number of hydrogen-bond donors (Lipinski definition) is 1. The summed E-state index contributed by atoms with van der Waals surface area (Å²) in [5.41, 5.74) is 5.90. The van der Waals surface area contributed by atoms with Gasteiger partial charge in [-0.05, 0) is 48.2 Å². The predicted octanol–water partition coefficient (Wildman–Crippen LogP) is 5.41. The van der Waals surface area contributed by atoms with Crippen molar-refractivity contribution in [2.75, 3.05) is 5.32 Å². The number of nitrogens with zero attached hydrogens (tertiary/aromatic N) is 3. The Morgan fingerprint density at radius 1 is 0.586 bits per heavy atom. The van der Waals surface area contributed by atoms with Crippen molar-refractivity contribution in [3.05, 3.63) is 113 Å². The molecule has 0 spiro atoms. The molecular formula is C25H24N4. The highest BCUT2D eigenvalue weighted by molar-refractivity contribution is 5.52. The van der Waals surface area contributed by atoms with Crippen LogP contribution in [0.15, 0.2) is 78.9 Å². The zero-order valence-electron chi connectivity index (χ0n) is 16.8. The molecule has 0 saturated carbocycles. The van der Waals surface area contributed by atoms with E-state index in [2.05, 4.69) is 67.7 Å². The van der Waals surface area contributed by atoms with Gasteiger partial charge in [-0.1, -0.05) is 66.7 Å². The van der Waals surface area contributed by atoms with Gasteiger partial charge in [-0.3, -0.25) is 0 Å². The Morgan fingerprint density at radius 3 is 1.59 bits per heavy atom. The number of hydrogen-bond acceptors (Lipinski definition) is 4. The molecule has 144 valence electrons. The summed E-state index contributed by atoms with van der Waals surface area (Å²) in [4.78, 5) is 14.2.